The smallest absolute Gasteiger partial charge is 0.271 e. The predicted molar refractivity (Wildman–Crippen MR) is 85.6 cm³/mol. The van der Waals surface area contributed by atoms with Crippen LogP contribution >= 0.6 is 22.0 Å². The Bertz CT molecular complexity index is 624. The Balaban J connectivity index is 2.09. The van der Waals surface area contributed by atoms with E-state index in [4.69, 9.17) is 10.7 Å². The standard InChI is InChI=1S/C14H20ClNO3S2/c1-3-10-5-4-6-11(7-10)16-13(17)12-8-20-14(9(12)2)21(15,18)19/h8,10-11H,3-7H2,1-2H3,(H,16,17). The van der Waals surface area contributed by atoms with Crippen molar-refractivity contribution < 1.29 is 13.2 Å². The van der Waals surface area contributed by atoms with Crippen LogP contribution < -0.4 is 5.32 Å². The molecule has 1 aliphatic carbocycles. The molecule has 21 heavy (non-hydrogen) atoms. The fourth-order valence-electron chi connectivity index (χ4n) is 2.92. The molecule has 0 aliphatic heterocycles. The van der Waals surface area contributed by atoms with Crippen LogP contribution in [0, 0.1) is 12.8 Å². The molecule has 1 amide bonds. The summed E-state index contributed by atoms with van der Waals surface area (Å²) in [5.74, 6) is 0.475. The molecule has 0 spiro atoms. The van der Waals surface area contributed by atoms with Crippen LogP contribution in [0.1, 0.15) is 54.9 Å². The second-order valence-electron chi connectivity index (χ2n) is 5.61. The molecule has 1 fully saturated rings. The lowest BCUT2D eigenvalue weighted by molar-refractivity contribution is 0.0919. The van der Waals surface area contributed by atoms with Crippen molar-refractivity contribution in [3.63, 3.8) is 0 Å². The number of amides is 1. The Kier molecular flexibility index (Phi) is 5.33. The first-order valence-electron chi connectivity index (χ1n) is 7.16. The van der Waals surface area contributed by atoms with E-state index in [1.54, 1.807) is 12.3 Å². The normalized spacial score (nSPS) is 23.0. The number of thiophene rings is 1. The molecule has 1 aromatic heterocycles. The van der Waals surface area contributed by atoms with Gasteiger partial charge in [-0.05, 0) is 31.2 Å². The first-order chi connectivity index (χ1) is 9.82. The van der Waals surface area contributed by atoms with Gasteiger partial charge in [-0.3, -0.25) is 4.79 Å². The maximum atomic E-state index is 12.3. The molecule has 7 heteroatoms. The minimum absolute atomic E-state index is 0.0596. The van der Waals surface area contributed by atoms with Crippen LogP contribution in [0.5, 0.6) is 0 Å². The highest BCUT2D eigenvalue weighted by atomic mass is 35.7. The fourth-order valence-corrected chi connectivity index (χ4v) is 5.47. The van der Waals surface area contributed by atoms with Crippen molar-refractivity contribution in [1.82, 2.24) is 5.32 Å². The van der Waals surface area contributed by atoms with Gasteiger partial charge in [-0.1, -0.05) is 26.2 Å². The van der Waals surface area contributed by atoms with Gasteiger partial charge >= 0.3 is 0 Å². The van der Waals surface area contributed by atoms with Gasteiger partial charge in [-0.2, -0.15) is 0 Å². The Hall–Kier alpha value is -0.590. The average Bonchev–Trinajstić information content (AvgIpc) is 2.80. The summed E-state index contributed by atoms with van der Waals surface area (Å²) in [4.78, 5) is 12.3. The molecule has 0 aromatic carbocycles. The van der Waals surface area contributed by atoms with Gasteiger partial charge in [-0.25, -0.2) is 8.42 Å². The van der Waals surface area contributed by atoms with Crippen molar-refractivity contribution in [3.05, 3.63) is 16.5 Å². The molecule has 1 N–H and O–H groups in total. The molecular weight excluding hydrogens is 330 g/mol. The molecule has 0 bridgehead atoms. The number of hydrogen-bond donors (Lipinski definition) is 1. The van der Waals surface area contributed by atoms with E-state index in [2.05, 4.69) is 12.2 Å². The summed E-state index contributed by atoms with van der Waals surface area (Å²) in [6.45, 7) is 3.80. The average molecular weight is 350 g/mol. The van der Waals surface area contributed by atoms with E-state index < -0.39 is 9.05 Å². The molecule has 2 atom stereocenters. The van der Waals surface area contributed by atoms with Gasteiger partial charge in [0.1, 0.15) is 4.21 Å². The Morgan fingerprint density at radius 1 is 1.48 bits per heavy atom. The molecule has 1 saturated carbocycles. The third kappa shape index (κ3) is 3.99. The van der Waals surface area contributed by atoms with Gasteiger partial charge in [0.15, 0.2) is 0 Å². The van der Waals surface area contributed by atoms with Gasteiger partial charge in [0.05, 0.1) is 5.56 Å². The van der Waals surface area contributed by atoms with Crippen LogP contribution in [0.4, 0.5) is 0 Å². The highest BCUT2D eigenvalue weighted by Gasteiger charge is 2.26. The largest absolute Gasteiger partial charge is 0.349 e. The zero-order valence-corrected chi connectivity index (χ0v) is 14.6. The van der Waals surface area contributed by atoms with E-state index in [1.165, 1.54) is 6.42 Å². The fraction of sp³-hybridized carbons (Fsp3) is 0.643. The van der Waals surface area contributed by atoms with Crippen LogP contribution in [0.25, 0.3) is 0 Å². The summed E-state index contributed by atoms with van der Waals surface area (Å²) in [7, 11) is 1.58. The van der Waals surface area contributed by atoms with E-state index in [0.717, 1.165) is 37.0 Å². The number of carbonyl (C=O) groups excluding carboxylic acids is 1. The Labute approximate surface area is 134 Å². The Morgan fingerprint density at radius 2 is 2.19 bits per heavy atom. The summed E-state index contributed by atoms with van der Waals surface area (Å²) < 4.78 is 22.9. The molecule has 1 aromatic rings. The minimum atomic E-state index is -3.78. The SMILES string of the molecule is CCC1CCCC(NC(=O)c2csc(S(=O)(=O)Cl)c2C)C1. The van der Waals surface area contributed by atoms with E-state index in [-0.39, 0.29) is 16.2 Å². The lowest BCUT2D eigenvalue weighted by atomic mass is 9.84. The molecule has 118 valence electrons. The zero-order valence-electron chi connectivity index (χ0n) is 12.2. The number of halogens is 1. The highest BCUT2D eigenvalue weighted by molar-refractivity contribution is 8.15. The van der Waals surface area contributed by atoms with Crippen molar-refractivity contribution in [2.75, 3.05) is 0 Å². The Morgan fingerprint density at radius 3 is 2.76 bits per heavy atom. The van der Waals surface area contributed by atoms with Gasteiger partial charge in [0, 0.05) is 22.1 Å². The molecule has 2 rings (SSSR count). The first kappa shape index (κ1) is 16.8. The number of carbonyl (C=O) groups is 1. The van der Waals surface area contributed by atoms with E-state index >= 15 is 0 Å². The van der Waals surface area contributed by atoms with Gasteiger partial charge in [0.25, 0.3) is 15.0 Å². The van der Waals surface area contributed by atoms with Crippen molar-refractivity contribution in [2.45, 2.75) is 56.2 Å². The topological polar surface area (TPSA) is 63.2 Å². The molecule has 0 saturated heterocycles. The number of rotatable bonds is 4. The van der Waals surface area contributed by atoms with E-state index in [0.29, 0.717) is 17.0 Å². The lowest BCUT2D eigenvalue weighted by Gasteiger charge is -2.29. The van der Waals surface area contributed by atoms with Crippen molar-refractivity contribution in [2.24, 2.45) is 5.92 Å². The summed E-state index contributed by atoms with van der Waals surface area (Å²) in [5, 5.41) is 4.60. The van der Waals surface area contributed by atoms with Crippen molar-refractivity contribution in [1.29, 1.82) is 0 Å². The number of nitrogens with one attached hydrogen (secondary N) is 1. The molecule has 0 radical (unpaired) electrons. The molecule has 4 nitrogen and oxygen atoms in total. The monoisotopic (exact) mass is 349 g/mol. The van der Waals surface area contributed by atoms with Gasteiger partial charge in [-0.15, -0.1) is 11.3 Å². The van der Waals surface area contributed by atoms with Crippen LogP contribution in [0.2, 0.25) is 0 Å². The highest BCUT2D eigenvalue weighted by Crippen LogP contribution is 2.30. The number of hydrogen-bond acceptors (Lipinski definition) is 4. The van der Waals surface area contributed by atoms with Crippen molar-refractivity contribution in [3.8, 4) is 0 Å². The second-order valence-corrected chi connectivity index (χ2v) is 9.25. The lowest BCUT2D eigenvalue weighted by Crippen LogP contribution is -2.38. The first-order valence-corrected chi connectivity index (χ1v) is 10.4. The predicted octanol–water partition coefficient (Wildman–Crippen LogP) is 3.68. The van der Waals surface area contributed by atoms with E-state index in [1.807, 2.05) is 0 Å². The summed E-state index contributed by atoms with van der Waals surface area (Å²) in [6, 6.07) is 0.187. The molecule has 1 aliphatic rings. The summed E-state index contributed by atoms with van der Waals surface area (Å²) in [6.07, 6.45) is 5.50. The molecule has 2 unspecified atom stereocenters. The molecule has 1 heterocycles. The van der Waals surface area contributed by atoms with Crippen LogP contribution in [-0.4, -0.2) is 20.4 Å². The van der Waals surface area contributed by atoms with Gasteiger partial charge < -0.3 is 5.32 Å². The van der Waals surface area contributed by atoms with Crippen molar-refractivity contribution >= 4 is 37.0 Å². The van der Waals surface area contributed by atoms with E-state index in [9.17, 15) is 13.2 Å². The maximum absolute atomic E-state index is 12.3. The van der Waals surface area contributed by atoms with Gasteiger partial charge in [0.2, 0.25) is 0 Å². The zero-order chi connectivity index (χ0) is 15.6. The summed E-state index contributed by atoms with van der Waals surface area (Å²) in [5.41, 5.74) is 0.855. The summed E-state index contributed by atoms with van der Waals surface area (Å²) >= 11 is 0.998. The van der Waals surface area contributed by atoms with Crippen LogP contribution in [0.3, 0.4) is 0 Å². The molecular formula is C14H20ClNO3S2. The third-order valence-electron chi connectivity index (χ3n) is 4.16. The quantitative estimate of drug-likeness (QED) is 0.843. The minimum Gasteiger partial charge on any atom is -0.349 e. The third-order valence-corrected chi connectivity index (χ3v) is 7.46. The second kappa shape index (κ2) is 6.67. The maximum Gasteiger partial charge on any atom is 0.271 e. The van der Waals surface area contributed by atoms with Crippen LogP contribution in [0.15, 0.2) is 9.59 Å². The van der Waals surface area contributed by atoms with Crippen LogP contribution in [-0.2, 0) is 9.05 Å².